The zero-order valence-electron chi connectivity index (χ0n) is 20.5. The highest BCUT2D eigenvalue weighted by molar-refractivity contribution is 5.91. The van der Waals surface area contributed by atoms with Gasteiger partial charge < -0.3 is 15.1 Å². The maximum absolute atomic E-state index is 13.4. The van der Waals surface area contributed by atoms with E-state index in [4.69, 9.17) is 0 Å². The number of anilines is 2. The highest BCUT2D eigenvalue weighted by atomic mass is 16.2. The molecule has 1 N–H and O–H groups in total. The zero-order valence-corrected chi connectivity index (χ0v) is 20.5. The number of carbonyl (C=O) groups excluding carboxylic acids is 2. The summed E-state index contributed by atoms with van der Waals surface area (Å²) in [4.78, 5) is 29.7. The molecule has 2 aromatic rings. The summed E-state index contributed by atoms with van der Waals surface area (Å²) < 4.78 is 0. The summed E-state index contributed by atoms with van der Waals surface area (Å²) in [6.45, 7) is 9.26. The second kappa shape index (κ2) is 12.3. The Balaban J connectivity index is 2.37. The van der Waals surface area contributed by atoms with Crippen LogP contribution >= 0.6 is 0 Å². The number of carbonyl (C=O) groups is 2. The summed E-state index contributed by atoms with van der Waals surface area (Å²) in [5.74, 6) is 0.501. The highest BCUT2D eigenvalue weighted by Gasteiger charge is 2.23. The number of hydrogen-bond acceptors (Lipinski definition) is 3. The first-order chi connectivity index (χ1) is 15.2. The number of nitrogens with zero attached hydrogens (tertiary/aromatic N) is 2. The summed E-state index contributed by atoms with van der Waals surface area (Å²) in [5, 5.41) is 3.02. The van der Waals surface area contributed by atoms with Gasteiger partial charge in [0.05, 0.1) is 0 Å². The lowest BCUT2D eigenvalue weighted by molar-refractivity contribution is -0.137. The second-order valence-electron chi connectivity index (χ2n) is 9.08. The van der Waals surface area contributed by atoms with Gasteiger partial charge in [-0.05, 0) is 48.1 Å². The lowest BCUT2D eigenvalue weighted by Gasteiger charge is -2.29. The summed E-state index contributed by atoms with van der Waals surface area (Å²) in [6.07, 6.45) is 2.14. The molecule has 0 unspecified atom stereocenters. The third-order valence-electron chi connectivity index (χ3n) is 5.66. The number of hydrogen-bond donors (Lipinski definition) is 1. The van der Waals surface area contributed by atoms with Crippen molar-refractivity contribution in [3.05, 3.63) is 59.7 Å². The molecule has 2 rings (SSSR count). The van der Waals surface area contributed by atoms with Crippen LogP contribution < -0.4 is 10.2 Å². The van der Waals surface area contributed by atoms with E-state index in [1.165, 1.54) is 0 Å². The van der Waals surface area contributed by atoms with Gasteiger partial charge >= 0.3 is 0 Å². The van der Waals surface area contributed by atoms with E-state index in [1.807, 2.05) is 69.2 Å². The van der Waals surface area contributed by atoms with E-state index in [-0.39, 0.29) is 17.7 Å². The number of nitrogens with one attached hydrogen (secondary N) is 1. The number of benzene rings is 2. The molecule has 0 saturated carbocycles. The molecular formula is C27H39N3O2. The molecule has 174 valence electrons. The van der Waals surface area contributed by atoms with Crippen molar-refractivity contribution in [3.63, 3.8) is 0 Å². The monoisotopic (exact) mass is 437 g/mol. The van der Waals surface area contributed by atoms with Crippen LogP contribution in [0.4, 0.5) is 11.4 Å². The Morgan fingerprint density at radius 2 is 1.59 bits per heavy atom. The second-order valence-corrected chi connectivity index (χ2v) is 9.08. The molecule has 0 bridgehead atoms. The SMILES string of the molecule is CCC(CC)C(=O)N(Cc1ccccc1)Cc1cc(NC(=O)CC(C)C)ccc1N(C)C. The van der Waals surface area contributed by atoms with Crippen molar-refractivity contribution in [2.45, 2.75) is 60.0 Å². The van der Waals surface area contributed by atoms with Crippen molar-refractivity contribution in [2.75, 3.05) is 24.3 Å². The standard InChI is InChI=1S/C27H39N3O2/c1-7-22(8-2)27(32)30(18-21-12-10-9-11-13-21)19-23-17-24(14-15-25(23)29(5)6)28-26(31)16-20(3)4/h9-15,17,20,22H,7-8,16,18-19H2,1-6H3,(H,28,31). The molecule has 2 aromatic carbocycles. The van der Waals surface area contributed by atoms with E-state index in [9.17, 15) is 9.59 Å². The van der Waals surface area contributed by atoms with Crippen LogP contribution in [-0.2, 0) is 22.7 Å². The lowest BCUT2D eigenvalue weighted by Crippen LogP contribution is -2.35. The average Bonchev–Trinajstić information content (AvgIpc) is 2.74. The molecule has 0 saturated heterocycles. The molecule has 0 aliphatic rings. The molecule has 0 aliphatic carbocycles. The predicted octanol–water partition coefficient (Wildman–Crippen LogP) is 5.70. The lowest BCUT2D eigenvalue weighted by atomic mass is 10.0. The molecule has 5 nitrogen and oxygen atoms in total. The number of amides is 2. The minimum absolute atomic E-state index is 0.00967. The molecule has 0 spiro atoms. The van der Waals surface area contributed by atoms with Crippen molar-refractivity contribution < 1.29 is 9.59 Å². The average molecular weight is 438 g/mol. The van der Waals surface area contributed by atoms with Crippen LogP contribution in [0, 0.1) is 11.8 Å². The Bertz CT molecular complexity index is 874. The van der Waals surface area contributed by atoms with Crippen LogP contribution in [0.15, 0.2) is 48.5 Å². The molecule has 0 heterocycles. The molecule has 0 atom stereocenters. The predicted molar refractivity (Wildman–Crippen MR) is 134 cm³/mol. The Kier molecular flexibility index (Phi) is 9.76. The third kappa shape index (κ3) is 7.40. The first kappa shape index (κ1) is 25.4. The molecule has 5 heteroatoms. The Hall–Kier alpha value is -2.82. The maximum Gasteiger partial charge on any atom is 0.226 e. The van der Waals surface area contributed by atoms with Gasteiger partial charge in [0.15, 0.2) is 0 Å². The molecule has 2 amide bonds. The van der Waals surface area contributed by atoms with Gasteiger partial charge in [-0.1, -0.05) is 58.0 Å². The van der Waals surface area contributed by atoms with Crippen molar-refractivity contribution in [1.29, 1.82) is 0 Å². The van der Waals surface area contributed by atoms with Crippen LogP contribution in [0.25, 0.3) is 0 Å². The van der Waals surface area contributed by atoms with Crippen LogP contribution in [0.3, 0.4) is 0 Å². The van der Waals surface area contributed by atoms with Crippen molar-refractivity contribution in [3.8, 4) is 0 Å². The Morgan fingerprint density at radius 3 is 2.16 bits per heavy atom. The molecule has 0 aliphatic heterocycles. The summed E-state index contributed by atoms with van der Waals surface area (Å²) in [5.41, 5.74) is 3.94. The van der Waals surface area contributed by atoms with E-state index in [1.54, 1.807) is 0 Å². The fraction of sp³-hybridized carbons (Fsp3) is 0.481. The minimum atomic E-state index is 0.00967. The smallest absolute Gasteiger partial charge is 0.226 e. The van der Waals surface area contributed by atoms with Crippen LogP contribution in [-0.4, -0.2) is 30.8 Å². The van der Waals surface area contributed by atoms with Gasteiger partial charge in [-0.15, -0.1) is 0 Å². The molecular weight excluding hydrogens is 398 g/mol. The van der Waals surface area contributed by atoms with Crippen LogP contribution in [0.2, 0.25) is 0 Å². The minimum Gasteiger partial charge on any atom is -0.377 e. The topological polar surface area (TPSA) is 52.7 Å². The summed E-state index contributed by atoms with van der Waals surface area (Å²) >= 11 is 0. The Morgan fingerprint density at radius 1 is 0.938 bits per heavy atom. The fourth-order valence-corrected chi connectivity index (χ4v) is 3.93. The summed E-state index contributed by atoms with van der Waals surface area (Å²) in [6, 6.07) is 16.1. The summed E-state index contributed by atoms with van der Waals surface area (Å²) in [7, 11) is 4.00. The molecule has 0 radical (unpaired) electrons. The number of rotatable bonds is 11. The van der Waals surface area contributed by atoms with Crippen molar-refractivity contribution in [2.24, 2.45) is 11.8 Å². The van der Waals surface area contributed by atoms with E-state index in [0.29, 0.717) is 25.4 Å². The zero-order chi connectivity index (χ0) is 23.7. The van der Waals surface area contributed by atoms with Gasteiger partial charge in [0, 0.05) is 50.9 Å². The van der Waals surface area contributed by atoms with Gasteiger partial charge in [0.25, 0.3) is 0 Å². The van der Waals surface area contributed by atoms with Crippen molar-refractivity contribution in [1.82, 2.24) is 4.90 Å². The van der Waals surface area contributed by atoms with E-state index >= 15 is 0 Å². The van der Waals surface area contributed by atoms with Gasteiger partial charge in [0.2, 0.25) is 11.8 Å². The highest BCUT2D eigenvalue weighted by Crippen LogP contribution is 2.27. The molecule has 32 heavy (non-hydrogen) atoms. The van der Waals surface area contributed by atoms with Gasteiger partial charge in [-0.2, -0.15) is 0 Å². The van der Waals surface area contributed by atoms with E-state index in [2.05, 4.69) is 36.2 Å². The van der Waals surface area contributed by atoms with Crippen LogP contribution in [0.1, 0.15) is 58.1 Å². The maximum atomic E-state index is 13.4. The first-order valence-electron chi connectivity index (χ1n) is 11.7. The van der Waals surface area contributed by atoms with E-state index in [0.717, 1.165) is 35.3 Å². The molecule has 0 fully saturated rings. The normalized spacial score (nSPS) is 11.0. The fourth-order valence-electron chi connectivity index (χ4n) is 3.93. The van der Waals surface area contributed by atoms with Gasteiger partial charge in [-0.25, -0.2) is 0 Å². The van der Waals surface area contributed by atoms with Crippen LogP contribution in [0.5, 0.6) is 0 Å². The first-order valence-corrected chi connectivity index (χ1v) is 11.7. The molecule has 0 aromatic heterocycles. The van der Waals surface area contributed by atoms with E-state index < -0.39 is 0 Å². The van der Waals surface area contributed by atoms with Gasteiger partial charge in [0.1, 0.15) is 0 Å². The quantitative estimate of drug-likeness (QED) is 0.490. The van der Waals surface area contributed by atoms with Gasteiger partial charge in [-0.3, -0.25) is 9.59 Å². The Labute approximate surface area is 193 Å². The third-order valence-corrected chi connectivity index (χ3v) is 5.66. The van der Waals surface area contributed by atoms with Crippen molar-refractivity contribution >= 4 is 23.2 Å². The largest absolute Gasteiger partial charge is 0.377 e.